The van der Waals surface area contributed by atoms with Gasteiger partial charge < -0.3 is 0 Å². The first-order chi connectivity index (χ1) is 15.5. The molecule has 0 bridgehead atoms. The quantitative estimate of drug-likeness (QED) is 0.316. The molecule has 0 saturated heterocycles. The summed E-state index contributed by atoms with van der Waals surface area (Å²) in [5, 5.41) is 2.60. The van der Waals surface area contributed by atoms with Crippen LogP contribution in [0.4, 0.5) is 0 Å². The first-order valence-corrected chi connectivity index (χ1v) is 12.0. The molecule has 1 aliphatic carbocycles. The average molecular weight is 422 g/mol. The van der Waals surface area contributed by atoms with Gasteiger partial charge in [0.15, 0.2) is 5.69 Å². The fourth-order valence-corrected chi connectivity index (χ4v) is 5.42. The summed E-state index contributed by atoms with van der Waals surface area (Å²) < 4.78 is 2.37. The van der Waals surface area contributed by atoms with E-state index in [1.165, 1.54) is 82.1 Å². The van der Waals surface area contributed by atoms with E-state index in [0.717, 1.165) is 5.56 Å². The van der Waals surface area contributed by atoms with Crippen molar-refractivity contribution in [3.05, 3.63) is 83.3 Å². The number of fused-ring (bicyclic) bond motifs is 1. The first kappa shape index (κ1) is 20.9. The van der Waals surface area contributed by atoms with Gasteiger partial charge in [0.1, 0.15) is 7.05 Å². The van der Waals surface area contributed by atoms with E-state index in [9.17, 15) is 0 Å². The number of hydrogen-bond acceptors (Lipinski definition) is 1. The molecule has 1 saturated carbocycles. The Kier molecular flexibility index (Phi) is 5.55. The van der Waals surface area contributed by atoms with Crippen LogP contribution in [-0.2, 0) is 7.05 Å². The van der Waals surface area contributed by atoms with E-state index in [-0.39, 0.29) is 0 Å². The molecule has 2 nitrogen and oxygen atoms in total. The first-order valence-electron chi connectivity index (χ1n) is 12.0. The predicted molar refractivity (Wildman–Crippen MR) is 134 cm³/mol. The Bertz CT molecular complexity index is 1280. The highest BCUT2D eigenvalue weighted by atomic mass is 14.9. The van der Waals surface area contributed by atoms with Crippen molar-refractivity contribution in [3.63, 3.8) is 0 Å². The highest BCUT2D eigenvalue weighted by Gasteiger charge is 2.24. The number of hydrogen-bond donors (Lipinski definition) is 0. The van der Waals surface area contributed by atoms with Crippen LogP contribution < -0.4 is 4.57 Å². The normalized spacial score (nSPS) is 14.8. The van der Waals surface area contributed by atoms with Crippen molar-refractivity contribution >= 4 is 10.8 Å². The van der Waals surface area contributed by atoms with E-state index in [0.29, 0.717) is 5.92 Å². The molecular weight excluding hydrogens is 388 g/mol. The maximum atomic E-state index is 4.31. The molecule has 162 valence electrons. The molecule has 2 aromatic carbocycles. The predicted octanol–water partition coefficient (Wildman–Crippen LogP) is 7.37. The number of rotatable bonds is 3. The van der Waals surface area contributed by atoms with Gasteiger partial charge >= 0.3 is 0 Å². The molecule has 0 amide bonds. The zero-order valence-electron chi connectivity index (χ0n) is 19.8. The Hall–Kier alpha value is -3.00. The molecule has 2 aromatic heterocycles. The molecule has 1 aliphatic rings. The molecule has 0 aliphatic heterocycles. The van der Waals surface area contributed by atoms with Crippen LogP contribution in [0.5, 0.6) is 0 Å². The molecule has 0 spiro atoms. The summed E-state index contributed by atoms with van der Waals surface area (Å²) in [5.74, 6) is 0.709. The van der Waals surface area contributed by atoms with Gasteiger partial charge in [0.05, 0.1) is 10.9 Å². The van der Waals surface area contributed by atoms with Crippen molar-refractivity contribution < 1.29 is 4.57 Å². The lowest BCUT2D eigenvalue weighted by Gasteiger charge is -2.24. The fraction of sp³-hybridized carbons (Fsp3) is 0.333. The summed E-state index contributed by atoms with van der Waals surface area (Å²) >= 11 is 0. The lowest BCUT2D eigenvalue weighted by Crippen LogP contribution is -2.35. The van der Waals surface area contributed by atoms with Crippen LogP contribution in [0.2, 0.25) is 0 Å². The molecule has 4 aromatic rings. The number of benzene rings is 2. The van der Waals surface area contributed by atoms with E-state index < -0.39 is 0 Å². The Labute approximate surface area is 192 Å². The van der Waals surface area contributed by atoms with E-state index in [1.807, 2.05) is 18.5 Å². The van der Waals surface area contributed by atoms with Crippen LogP contribution in [0, 0.1) is 20.8 Å². The Balaban J connectivity index is 1.71. The second kappa shape index (κ2) is 8.50. The number of nitrogens with zero attached hydrogens (tertiary/aromatic N) is 2. The van der Waals surface area contributed by atoms with Crippen molar-refractivity contribution in [2.45, 2.75) is 58.8 Å². The third-order valence-electron chi connectivity index (χ3n) is 7.55. The number of pyridine rings is 2. The summed E-state index contributed by atoms with van der Waals surface area (Å²) in [5.41, 5.74) is 10.7. The Morgan fingerprint density at radius 2 is 1.69 bits per heavy atom. The van der Waals surface area contributed by atoms with Gasteiger partial charge in [0.2, 0.25) is 5.69 Å². The zero-order chi connectivity index (χ0) is 22.2. The highest BCUT2D eigenvalue weighted by Crippen LogP contribution is 2.38. The second-order valence-electron chi connectivity index (χ2n) is 9.58. The minimum Gasteiger partial charge on any atom is -0.264 e. The van der Waals surface area contributed by atoms with Crippen LogP contribution in [0.15, 0.2) is 60.9 Å². The average Bonchev–Trinajstić information content (AvgIpc) is 2.83. The molecule has 1 fully saturated rings. The van der Waals surface area contributed by atoms with Gasteiger partial charge in [0, 0.05) is 30.9 Å². The van der Waals surface area contributed by atoms with Crippen LogP contribution in [0.25, 0.3) is 33.2 Å². The molecule has 0 radical (unpaired) electrons. The Morgan fingerprint density at radius 3 is 2.44 bits per heavy atom. The lowest BCUT2D eigenvalue weighted by atomic mass is 9.81. The highest BCUT2D eigenvalue weighted by molar-refractivity contribution is 5.96. The minimum absolute atomic E-state index is 0.709. The summed E-state index contributed by atoms with van der Waals surface area (Å²) in [6.07, 6.45) is 10.6. The van der Waals surface area contributed by atoms with Gasteiger partial charge in [-0.1, -0.05) is 37.5 Å². The summed E-state index contributed by atoms with van der Waals surface area (Å²) in [4.78, 5) is 4.31. The molecular formula is C30H33N2+. The van der Waals surface area contributed by atoms with E-state index >= 15 is 0 Å². The van der Waals surface area contributed by atoms with Crippen molar-refractivity contribution in [2.24, 2.45) is 7.05 Å². The molecule has 0 N–H and O–H groups in total. The van der Waals surface area contributed by atoms with Crippen molar-refractivity contribution in [1.29, 1.82) is 0 Å². The molecule has 0 atom stereocenters. The summed E-state index contributed by atoms with van der Waals surface area (Å²) in [6.45, 7) is 6.78. The monoisotopic (exact) mass is 421 g/mol. The summed E-state index contributed by atoms with van der Waals surface area (Å²) in [6, 6.07) is 18.3. The third-order valence-corrected chi connectivity index (χ3v) is 7.55. The van der Waals surface area contributed by atoms with Crippen LogP contribution in [-0.4, -0.2) is 4.98 Å². The summed E-state index contributed by atoms with van der Waals surface area (Å²) in [7, 11) is 2.21. The SMILES string of the molecule is Cc1cc(C2CCCCC2)cc(-c2c3ccc(-c4cccnc4)cc3cc(C)[n+]2C)c1C. The Morgan fingerprint density at radius 1 is 0.875 bits per heavy atom. The number of aryl methyl sites for hydroxylation is 2. The topological polar surface area (TPSA) is 16.8 Å². The standard InChI is InChI=1S/C30H33N2/c1-20-15-26(23-9-6-5-7-10-23)18-29(22(20)3)30-28-13-12-24(25-11-8-14-31-19-25)17-27(28)16-21(2)32(30)4/h8,11-19,23H,5-7,9-10H2,1-4H3/q+1. The number of aromatic nitrogens is 2. The van der Waals surface area contributed by atoms with Gasteiger partial charge in [-0.05, 0) is 84.5 Å². The van der Waals surface area contributed by atoms with Crippen LogP contribution >= 0.6 is 0 Å². The van der Waals surface area contributed by atoms with Crippen molar-refractivity contribution in [1.82, 2.24) is 4.98 Å². The molecule has 0 unspecified atom stereocenters. The van der Waals surface area contributed by atoms with Gasteiger partial charge in [-0.15, -0.1) is 0 Å². The van der Waals surface area contributed by atoms with E-state index in [1.54, 1.807) is 0 Å². The van der Waals surface area contributed by atoms with Gasteiger partial charge in [-0.2, -0.15) is 4.57 Å². The molecule has 5 rings (SSSR count). The van der Waals surface area contributed by atoms with Crippen LogP contribution in [0.3, 0.4) is 0 Å². The lowest BCUT2D eigenvalue weighted by molar-refractivity contribution is -0.665. The van der Waals surface area contributed by atoms with Gasteiger partial charge in [0.25, 0.3) is 0 Å². The largest absolute Gasteiger partial charge is 0.264 e. The van der Waals surface area contributed by atoms with Gasteiger partial charge in [-0.3, -0.25) is 4.98 Å². The smallest absolute Gasteiger partial charge is 0.220 e. The zero-order valence-corrected chi connectivity index (χ0v) is 19.8. The van der Waals surface area contributed by atoms with E-state index in [2.05, 4.69) is 79.8 Å². The van der Waals surface area contributed by atoms with Crippen LogP contribution in [0.1, 0.15) is 60.4 Å². The molecule has 2 heterocycles. The van der Waals surface area contributed by atoms with Crippen molar-refractivity contribution in [3.8, 4) is 22.4 Å². The minimum atomic E-state index is 0.709. The third kappa shape index (κ3) is 3.72. The van der Waals surface area contributed by atoms with Crippen molar-refractivity contribution in [2.75, 3.05) is 0 Å². The molecule has 32 heavy (non-hydrogen) atoms. The maximum Gasteiger partial charge on any atom is 0.220 e. The van der Waals surface area contributed by atoms with Gasteiger partial charge in [-0.25, -0.2) is 0 Å². The fourth-order valence-electron chi connectivity index (χ4n) is 5.42. The maximum absolute atomic E-state index is 4.31. The molecule has 2 heteroatoms. The second-order valence-corrected chi connectivity index (χ2v) is 9.58. The van der Waals surface area contributed by atoms with E-state index in [4.69, 9.17) is 0 Å².